The summed E-state index contributed by atoms with van der Waals surface area (Å²) in [5.41, 5.74) is 5.14. The Morgan fingerprint density at radius 3 is 2.63 bits per heavy atom. The summed E-state index contributed by atoms with van der Waals surface area (Å²) in [4.78, 5) is 0. The van der Waals surface area contributed by atoms with Gasteiger partial charge in [-0.15, -0.1) is 0 Å². The number of halogens is 5. The first-order valence-electron chi connectivity index (χ1n) is 6.03. The molecule has 2 unspecified atom stereocenters. The van der Waals surface area contributed by atoms with Crippen LogP contribution in [0.15, 0.2) is 18.2 Å². The lowest BCUT2D eigenvalue weighted by Crippen LogP contribution is -2.45. The minimum absolute atomic E-state index is 0.0649. The van der Waals surface area contributed by atoms with Crippen molar-refractivity contribution in [1.29, 1.82) is 0 Å². The minimum Gasteiger partial charge on any atom is -0.321 e. The first-order valence-corrected chi connectivity index (χ1v) is 6.41. The van der Waals surface area contributed by atoms with Gasteiger partial charge >= 0.3 is 6.18 Å². The molecule has 1 aliphatic carbocycles. The summed E-state index contributed by atoms with van der Waals surface area (Å²) in [5.74, 6) is -2.00. The van der Waals surface area contributed by atoms with Crippen LogP contribution >= 0.6 is 11.6 Å². The molecule has 0 heterocycles. The van der Waals surface area contributed by atoms with E-state index in [0.29, 0.717) is 12.8 Å². The molecule has 1 saturated carbocycles. The molecule has 2 rings (SSSR count). The lowest BCUT2D eigenvalue weighted by molar-refractivity contribution is -0.187. The monoisotopic (exact) mass is 295 g/mol. The lowest BCUT2D eigenvalue weighted by atomic mass is 9.72. The maximum Gasteiger partial charge on any atom is 0.391 e. The van der Waals surface area contributed by atoms with Gasteiger partial charge < -0.3 is 5.73 Å². The fourth-order valence-corrected chi connectivity index (χ4v) is 3.02. The summed E-state index contributed by atoms with van der Waals surface area (Å²) in [6.45, 7) is 0. The van der Waals surface area contributed by atoms with Crippen LogP contribution in [0.2, 0.25) is 5.02 Å². The maximum absolute atomic E-state index is 13.3. The van der Waals surface area contributed by atoms with Crippen LogP contribution in [-0.2, 0) is 5.54 Å². The molecule has 0 bridgehead atoms. The molecule has 1 aliphatic rings. The average Bonchev–Trinajstić information content (AvgIpc) is 2.31. The third kappa shape index (κ3) is 3.03. The van der Waals surface area contributed by atoms with E-state index in [9.17, 15) is 17.6 Å². The molecule has 6 heteroatoms. The van der Waals surface area contributed by atoms with E-state index < -0.39 is 23.5 Å². The molecule has 0 aliphatic heterocycles. The summed E-state index contributed by atoms with van der Waals surface area (Å²) in [7, 11) is 0. The van der Waals surface area contributed by atoms with Crippen molar-refractivity contribution in [1.82, 2.24) is 0 Å². The second kappa shape index (κ2) is 4.94. The fraction of sp³-hybridized carbons (Fsp3) is 0.538. The van der Waals surface area contributed by atoms with Crippen LogP contribution in [0.3, 0.4) is 0 Å². The standard InChI is InChI=1S/C13H14ClF4N/c14-11-4-3-9(15)6-10(11)12(19)5-1-2-8(7-12)13(16,17)18/h3-4,6,8H,1-2,5,7,19H2. The number of hydrogen-bond acceptors (Lipinski definition) is 1. The van der Waals surface area contributed by atoms with Crippen molar-refractivity contribution in [3.8, 4) is 0 Å². The molecule has 0 amide bonds. The summed E-state index contributed by atoms with van der Waals surface area (Å²) < 4.78 is 51.7. The van der Waals surface area contributed by atoms with E-state index in [1.54, 1.807) is 0 Å². The summed E-state index contributed by atoms with van der Waals surface area (Å²) >= 11 is 5.95. The van der Waals surface area contributed by atoms with Gasteiger partial charge in [0.25, 0.3) is 0 Å². The van der Waals surface area contributed by atoms with Gasteiger partial charge in [0, 0.05) is 10.6 Å². The van der Waals surface area contributed by atoms with Crippen molar-refractivity contribution >= 4 is 11.6 Å². The zero-order valence-electron chi connectivity index (χ0n) is 10.1. The van der Waals surface area contributed by atoms with E-state index in [0.717, 1.165) is 6.07 Å². The highest BCUT2D eigenvalue weighted by Gasteiger charge is 2.47. The van der Waals surface area contributed by atoms with Crippen molar-refractivity contribution < 1.29 is 17.6 Å². The highest BCUT2D eigenvalue weighted by molar-refractivity contribution is 6.31. The fourth-order valence-electron chi connectivity index (χ4n) is 2.71. The van der Waals surface area contributed by atoms with Crippen LogP contribution in [-0.4, -0.2) is 6.18 Å². The van der Waals surface area contributed by atoms with Gasteiger partial charge in [-0.1, -0.05) is 18.0 Å². The topological polar surface area (TPSA) is 26.0 Å². The highest BCUT2D eigenvalue weighted by atomic mass is 35.5. The van der Waals surface area contributed by atoms with Crippen LogP contribution in [0.25, 0.3) is 0 Å². The van der Waals surface area contributed by atoms with Gasteiger partial charge in [0.2, 0.25) is 0 Å². The van der Waals surface area contributed by atoms with E-state index in [4.69, 9.17) is 17.3 Å². The van der Waals surface area contributed by atoms with Crippen LogP contribution in [0.4, 0.5) is 17.6 Å². The van der Waals surface area contributed by atoms with Gasteiger partial charge in [0.1, 0.15) is 5.82 Å². The average molecular weight is 296 g/mol. The first-order chi connectivity index (χ1) is 8.72. The SMILES string of the molecule is NC1(c2cc(F)ccc2Cl)CCCC(C(F)(F)F)C1. The van der Waals surface area contributed by atoms with Crippen molar-refractivity contribution in [2.45, 2.75) is 37.4 Å². The Balaban J connectivity index is 2.34. The quantitative estimate of drug-likeness (QED) is 0.764. The van der Waals surface area contributed by atoms with E-state index >= 15 is 0 Å². The maximum atomic E-state index is 13.3. The molecule has 1 aromatic carbocycles. The lowest BCUT2D eigenvalue weighted by Gasteiger charge is -2.39. The second-order valence-electron chi connectivity index (χ2n) is 5.12. The Hall–Kier alpha value is -0.810. The molecular weight excluding hydrogens is 282 g/mol. The molecule has 1 nitrogen and oxygen atoms in total. The summed E-state index contributed by atoms with van der Waals surface area (Å²) in [5, 5.41) is 0.215. The van der Waals surface area contributed by atoms with Gasteiger partial charge in [-0.25, -0.2) is 4.39 Å². The van der Waals surface area contributed by atoms with Crippen LogP contribution in [0.5, 0.6) is 0 Å². The third-order valence-electron chi connectivity index (χ3n) is 3.71. The Morgan fingerprint density at radius 1 is 1.32 bits per heavy atom. The summed E-state index contributed by atoms with van der Waals surface area (Å²) in [6.07, 6.45) is -3.73. The zero-order chi connectivity index (χ0) is 14.3. The van der Waals surface area contributed by atoms with Gasteiger partial charge in [-0.3, -0.25) is 0 Å². The summed E-state index contributed by atoms with van der Waals surface area (Å²) in [6, 6.07) is 3.64. The van der Waals surface area contributed by atoms with E-state index in [1.165, 1.54) is 12.1 Å². The van der Waals surface area contributed by atoms with Gasteiger partial charge in [-0.2, -0.15) is 13.2 Å². The molecule has 106 valence electrons. The zero-order valence-corrected chi connectivity index (χ0v) is 10.9. The van der Waals surface area contributed by atoms with Gasteiger partial charge in [0.05, 0.1) is 5.92 Å². The normalized spacial score (nSPS) is 28.4. The third-order valence-corrected chi connectivity index (χ3v) is 4.04. The Morgan fingerprint density at radius 2 is 2.00 bits per heavy atom. The van der Waals surface area contributed by atoms with Gasteiger partial charge in [0.15, 0.2) is 0 Å². The molecule has 0 radical (unpaired) electrons. The number of alkyl halides is 3. The molecular formula is C13H14ClF4N. The minimum atomic E-state index is -4.27. The Labute approximate surface area is 113 Å². The Kier molecular flexibility index (Phi) is 3.80. The number of rotatable bonds is 1. The second-order valence-corrected chi connectivity index (χ2v) is 5.52. The van der Waals surface area contributed by atoms with E-state index in [1.807, 2.05) is 0 Å². The van der Waals surface area contributed by atoms with Crippen molar-refractivity contribution in [3.63, 3.8) is 0 Å². The number of hydrogen-bond donors (Lipinski definition) is 1. The van der Waals surface area contributed by atoms with E-state index in [-0.39, 0.29) is 23.4 Å². The predicted molar refractivity (Wildman–Crippen MR) is 65.3 cm³/mol. The molecule has 1 aromatic rings. The Bertz CT molecular complexity index is 474. The molecule has 2 N–H and O–H groups in total. The molecule has 0 aromatic heterocycles. The smallest absolute Gasteiger partial charge is 0.321 e. The van der Waals surface area contributed by atoms with Crippen LogP contribution < -0.4 is 5.73 Å². The van der Waals surface area contributed by atoms with E-state index in [2.05, 4.69) is 0 Å². The van der Waals surface area contributed by atoms with Crippen LogP contribution in [0.1, 0.15) is 31.2 Å². The molecule has 0 saturated heterocycles. The van der Waals surface area contributed by atoms with Crippen molar-refractivity contribution in [2.75, 3.05) is 0 Å². The largest absolute Gasteiger partial charge is 0.391 e. The highest BCUT2D eigenvalue weighted by Crippen LogP contribution is 2.46. The predicted octanol–water partition coefficient (Wildman–Crippen LogP) is 4.39. The molecule has 19 heavy (non-hydrogen) atoms. The molecule has 2 atom stereocenters. The van der Waals surface area contributed by atoms with Gasteiger partial charge in [-0.05, 0) is 43.0 Å². The first kappa shape index (κ1) is 14.6. The molecule has 1 fully saturated rings. The van der Waals surface area contributed by atoms with Crippen molar-refractivity contribution in [2.24, 2.45) is 11.7 Å². The number of benzene rings is 1. The van der Waals surface area contributed by atoms with Crippen LogP contribution in [0, 0.1) is 11.7 Å². The number of nitrogens with two attached hydrogens (primary N) is 1. The van der Waals surface area contributed by atoms with Crippen molar-refractivity contribution in [3.05, 3.63) is 34.6 Å². The molecule has 0 spiro atoms.